The predicted octanol–water partition coefficient (Wildman–Crippen LogP) is 11.9. The highest BCUT2D eigenvalue weighted by Gasteiger charge is 2.22. The number of rotatable bonds is 2. The molecular formula is C38H21BrO2. The monoisotopic (exact) mass is 588 g/mol. The van der Waals surface area contributed by atoms with Gasteiger partial charge in [0.05, 0.1) is 0 Å². The first-order valence-electron chi connectivity index (χ1n) is 13.7. The lowest BCUT2D eigenvalue weighted by molar-refractivity contribution is 0.668. The van der Waals surface area contributed by atoms with Crippen molar-refractivity contribution in [1.29, 1.82) is 0 Å². The van der Waals surface area contributed by atoms with E-state index in [-0.39, 0.29) is 0 Å². The van der Waals surface area contributed by atoms with Crippen molar-refractivity contribution in [3.63, 3.8) is 0 Å². The van der Waals surface area contributed by atoms with Gasteiger partial charge >= 0.3 is 0 Å². The Morgan fingerprint density at radius 2 is 0.805 bits per heavy atom. The van der Waals surface area contributed by atoms with Gasteiger partial charge in [-0.05, 0) is 80.2 Å². The Morgan fingerprint density at radius 1 is 0.366 bits per heavy atom. The van der Waals surface area contributed by atoms with Crippen molar-refractivity contribution in [3.8, 4) is 22.3 Å². The summed E-state index contributed by atoms with van der Waals surface area (Å²) in [7, 11) is 0. The van der Waals surface area contributed by atoms with Gasteiger partial charge in [0, 0.05) is 26.0 Å². The maximum Gasteiger partial charge on any atom is 0.136 e. The number of benzene rings is 7. The molecule has 0 saturated carbocycles. The van der Waals surface area contributed by atoms with Crippen LogP contribution in [-0.4, -0.2) is 0 Å². The van der Waals surface area contributed by atoms with Crippen molar-refractivity contribution in [2.75, 3.05) is 0 Å². The minimum Gasteiger partial charge on any atom is -0.456 e. The molecule has 0 bridgehead atoms. The molecule has 192 valence electrons. The van der Waals surface area contributed by atoms with Crippen molar-refractivity contribution in [2.24, 2.45) is 0 Å². The minimum atomic E-state index is 0.898. The van der Waals surface area contributed by atoms with Crippen LogP contribution in [0.5, 0.6) is 0 Å². The Hall–Kier alpha value is -4.86. The van der Waals surface area contributed by atoms with Gasteiger partial charge in [-0.3, -0.25) is 0 Å². The molecule has 2 aromatic heterocycles. The quantitative estimate of drug-likeness (QED) is 0.188. The summed E-state index contributed by atoms with van der Waals surface area (Å²) in [6, 6.07) is 44.9. The Kier molecular flexibility index (Phi) is 4.79. The summed E-state index contributed by atoms with van der Waals surface area (Å²) >= 11 is 3.80. The molecule has 9 rings (SSSR count). The van der Waals surface area contributed by atoms with Crippen molar-refractivity contribution < 1.29 is 8.83 Å². The molecule has 0 fully saturated rings. The van der Waals surface area contributed by atoms with Crippen LogP contribution < -0.4 is 0 Å². The highest BCUT2D eigenvalue weighted by Crippen LogP contribution is 2.49. The van der Waals surface area contributed by atoms with Crippen LogP contribution in [0, 0.1) is 0 Å². The third kappa shape index (κ3) is 3.24. The van der Waals surface area contributed by atoms with E-state index in [2.05, 4.69) is 119 Å². The predicted molar refractivity (Wildman–Crippen MR) is 175 cm³/mol. The van der Waals surface area contributed by atoms with Gasteiger partial charge in [-0.1, -0.05) is 107 Å². The summed E-state index contributed by atoms with van der Waals surface area (Å²) < 4.78 is 13.7. The largest absolute Gasteiger partial charge is 0.456 e. The Bertz CT molecular complexity index is 2500. The summed E-state index contributed by atoms with van der Waals surface area (Å²) in [4.78, 5) is 0. The van der Waals surface area contributed by atoms with Gasteiger partial charge in [-0.25, -0.2) is 0 Å². The third-order valence-corrected chi connectivity index (χ3v) is 8.82. The van der Waals surface area contributed by atoms with Gasteiger partial charge in [-0.15, -0.1) is 0 Å². The summed E-state index contributed by atoms with van der Waals surface area (Å²) in [5, 5.41) is 9.35. The number of hydrogen-bond acceptors (Lipinski definition) is 2. The molecule has 7 aromatic carbocycles. The molecule has 3 heteroatoms. The molecule has 0 N–H and O–H groups in total. The van der Waals surface area contributed by atoms with Gasteiger partial charge in [0.2, 0.25) is 0 Å². The van der Waals surface area contributed by atoms with Crippen LogP contribution in [0.1, 0.15) is 0 Å². The van der Waals surface area contributed by atoms with Crippen LogP contribution in [0.4, 0.5) is 0 Å². The minimum absolute atomic E-state index is 0.898. The van der Waals surface area contributed by atoms with E-state index in [1.165, 1.54) is 43.8 Å². The molecule has 0 aliphatic carbocycles. The second-order valence-electron chi connectivity index (χ2n) is 10.5. The van der Waals surface area contributed by atoms with Crippen LogP contribution in [0.3, 0.4) is 0 Å². The van der Waals surface area contributed by atoms with E-state index >= 15 is 0 Å². The maximum absolute atomic E-state index is 6.32. The zero-order chi connectivity index (χ0) is 27.1. The fourth-order valence-electron chi connectivity index (χ4n) is 6.70. The second kappa shape index (κ2) is 8.57. The average Bonchev–Trinajstić information content (AvgIpc) is 3.58. The molecule has 0 spiro atoms. The van der Waals surface area contributed by atoms with E-state index in [0.29, 0.717) is 0 Å². The van der Waals surface area contributed by atoms with E-state index in [4.69, 9.17) is 8.83 Å². The number of fused-ring (bicyclic) bond motifs is 8. The molecule has 0 unspecified atom stereocenters. The molecule has 2 nitrogen and oxygen atoms in total. The van der Waals surface area contributed by atoms with Crippen LogP contribution in [-0.2, 0) is 0 Å². The van der Waals surface area contributed by atoms with E-state index in [1.807, 2.05) is 24.3 Å². The summed E-state index contributed by atoms with van der Waals surface area (Å²) in [5.41, 5.74) is 8.38. The average molecular weight is 589 g/mol. The Labute approximate surface area is 243 Å². The maximum atomic E-state index is 6.32. The molecule has 0 aliphatic rings. The molecule has 0 radical (unpaired) electrons. The fourth-order valence-corrected chi connectivity index (χ4v) is 7.06. The summed E-state index contributed by atoms with van der Waals surface area (Å²) in [6.07, 6.45) is 0. The highest BCUT2D eigenvalue weighted by molar-refractivity contribution is 9.10. The van der Waals surface area contributed by atoms with Crippen molar-refractivity contribution in [2.45, 2.75) is 0 Å². The Balaban J connectivity index is 1.50. The van der Waals surface area contributed by atoms with Gasteiger partial charge in [0.1, 0.15) is 22.3 Å². The topological polar surface area (TPSA) is 26.3 Å². The normalized spacial score (nSPS) is 12.0. The fraction of sp³-hybridized carbons (Fsp3) is 0. The van der Waals surface area contributed by atoms with Gasteiger partial charge < -0.3 is 8.83 Å². The molecule has 9 aromatic rings. The van der Waals surface area contributed by atoms with Crippen LogP contribution in [0.15, 0.2) is 141 Å². The van der Waals surface area contributed by atoms with Gasteiger partial charge in [-0.2, -0.15) is 0 Å². The standard InChI is InChI=1S/C38H21BrO2/c39-22-19-20-25-30(21-22)36(29-14-8-18-34-38(29)27-12-4-6-16-32(27)41-34)24-10-2-1-9-23(24)35(25)28-13-7-17-33-37(28)26-11-3-5-15-31(26)40-33/h1-21H. The van der Waals surface area contributed by atoms with E-state index in [9.17, 15) is 0 Å². The van der Waals surface area contributed by atoms with Crippen molar-refractivity contribution >= 4 is 81.4 Å². The molecule has 41 heavy (non-hydrogen) atoms. The van der Waals surface area contributed by atoms with Crippen LogP contribution in [0.2, 0.25) is 0 Å². The van der Waals surface area contributed by atoms with Crippen molar-refractivity contribution in [1.82, 2.24) is 0 Å². The number of hydrogen-bond donors (Lipinski definition) is 0. The first-order valence-corrected chi connectivity index (χ1v) is 14.5. The van der Waals surface area contributed by atoms with Gasteiger partial charge in [0.25, 0.3) is 0 Å². The third-order valence-electron chi connectivity index (χ3n) is 8.33. The molecule has 0 amide bonds. The SMILES string of the molecule is Brc1ccc2c(-c3cccc4oc5ccccc5c34)c3ccccc3c(-c3cccc4oc5ccccc5c34)c2c1. The molecule has 0 saturated heterocycles. The molecule has 0 atom stereocenters. The highest BCUT2D eigenvalue weighted by atomic mass is 79.9. The smallest absolute Gasteiger partial charge is 0.136 e. The lowest BCUT2D eigenvalue weighted by Crippen LogP contribution is -1.92. The molecule has 0 aliphatic heterocycles. The van der Waals surface area contributed by atoms with Crippen LogP contribution in [0.25, 0.3) is 87.7 Å². The Morgan fingerprint density at radius 3 is 1.37 bits per heavy atom. The first kappa shape index (κ1) is 22.9. The number of halogens is 1. The first-order chi connectivity index (χ1) is 20.3. The van der Waals surface area contributed by atoms with E-state index in [1.54, 1.807) is 0 Å². The van der Waals surface area contributed by atoms with E-state index in [0.717, 1.165) is 48.3 Å². The van der Waals surface area contributed by atoms with Gasteiger partial charge in [0.15, 0.2) is 0 Å². The zero-order valence-corrected chi connectivity index (χ0v) is 23.4. The zero-order valence-electron chi connectivity index (χ0n) is 21.8. The van der Waals surface area contributed by atoms with Crippen LogP contribution >= 0.6 is 15.9 Å². The number of para-hydroxylation sites is 2. The lowest BCUT2D eigenvalue weighted by atomic mass is 9.84. The summed E-state index contributed by atoms with van der Waals surface area (Å²) in [5.74, 6) is 0. The number of furan rings is 2. The van der Waals surface area contributed by atoms with E-state index < -0.39 is 0 Å². The molecule has 2 heterocycles. The van der Waals surface area contributed by atoms with Crippen molar-refractivity contribution in [3.05, 3.63) is 132 Å². The molecular weight excluding hydrogens is 568 g/mol. The summed E-state index contributed by atoms with van der Waals surface area (Å²) in [6.45, 7) is 0. The lowest BCUT2D eigenvalue weighted by Gasteiger charge is -2.19. The second-order valence-corrected chi connectivity index (χ2v) is 11.5.